The third-order valence-corrected chi connectivity index (χ3v) is 3.18. The number of primary amides is 1. The van der Waals surface area contributed by atoms with E-state index < -0.39 is 22.8 Å². The molecule has 0 radical (unpaired) electrons. The number of amides is 2. The van der Waals surface area contributed by atoms with Crippen LogP contribution in [0.4, 0.5) is 5.69 Å². The fourth-order valence-electron chi connectivity index (χ4n) is 1.96. The molecular formula is C14H19N3O4. The van der Waals surface area contributed by atoms with Crippen molar-refractivity contribution in [3.63, 3.8) is 0 Å². The van der Waals surface area contributed by atoms with Crippen LogP contribution in [0.2, 0.25) is 0 Å². The molecule has 0 aliphatic carbocycles. The number of hydrogen-bond donors (Lipinski definition) is 2. The zero-order chi connectivity index (χ0) is 16.2. The van der Waals surface area contributed by atoms with E-state index in [1.165, 1.54) is 12.1 Å². The molecule has 3 N–H and O–H groups in total. The SMILES string of the molecule is CCc1ccc(C(=O)NC(C(N)=O)C(C)C)cc1[N+](=O)[O-]. The van der Waals surface area contributed by atoms with Crippen molar-refractivity contribution in [2.75, 3.05) is 0 Å². The summed E-state index contributed by atoms with van der Waals surface area (Å²) in [5, 5.41) is 13.5. The number of carbonyl (C=O) groups excluding carboxylic acids is 2. The highest BCUT2D eigenvalue weighted by atomic mass is 16.6. The number of nitrogens with two attached hydrogens (primary N) is 1. The highest BCUT2D eigenvalue weighted by molar-refractivity contribution is 5.98. The number of carbonyl (C=O) groups is 2. The molecular weight excluding hydrogens is 274 g/mol. The summed E-state index contributed by atoms with van der Waals surface area (Å²) >= 11 is 0. The quantitative estimate of drug-likeness (QED) is 0.609. The summed E-state index contributed by atoms with van der Waals surface area (Å²) in [6, 6.07) is 3.44. The van der Waals surface area contributed by atoms with E-state index in [-0.39, 0.29) is 17.2 Å². The van der Waals surface area contributed by atoms with Crippen LogP contribution in [0.15, 0.2) is 18.2 Å². The van der Waals surface area contributed by atoms with Crippen LogP contribution in [0.5, 0.6) is 0 Å². The Morgan fingerprint density at radius 3 is 2.43 bits per heavy atom. The van der Waals surface area contributed by atoms with Crippen molar-refractivity contribution in [1.82, 2.24) is 5.32 Å². The van der Waals surface area contributed by atoms with Gasteiger partial charge in [0.2, 0.25) is 5.91 Å². The van der Waals surface area contributed by atoms with Crippen LogP contribution in [0.25, 0.3) is 0 Å². The number of nitrogens with one attached hydrogen (secondary N) is 1. The molecule has 7 heteroatoms. The smallest absolute Gasteiger partial charge is 0.273 e. The maximum atomic E-state index is 12.1. The van der Waals surface area contributed by atoms with Crippen LogP contribution < -0.4 is 11.1 Å². The van der Waals surface area contributed by atoms with Crippen molar-refractivity contribution in [2.45, 2.75) is 33.2 Å². The molecule has 2 amide bonds. The predicted molar refractivity (Wildman–Crippen MR) is 77.8 cm³/mol. The van der Waals surface area contributed by atoms with Gasteiger partial charge in [0.1, 0.15) is 6.04 Å². The van der Waals surface area contributed by atoms with E-state index in [9.17, 15) is 19.7 Å². The molecule has 7 nitrogen and oxygen atoms in total. The monoisotopic (exact) mass is 293 g/mol. The van der Waals surface area contributed by atoms with Crippen LogP contribution in [0.3, 0.4) is 0 Å². The molecule has 1 unspecified atom stereocenters. The van der Waals surface area contributed by atoms with Gasteiger partial charge in [-0.1, -0.05) is 26.8 Å². The fourth-order valence-corrected chi connectivity index (χ4v) is 1.96. The van der Waals surface area contributed by atoms with E-state index in [0.29, 0.717) is 12.0 Å². The average molecular weight is 293 g/mol. The van der Waals surface area contributed by atoms with Gasteiger partial charge in [0, 0.05) is 17.2 Å². The van der Waals surface area contributed by atoms with Gasteiger partial charge in [-0.25, -0.2) is 0 Å². The van der Waals surface area contributed by atoms with Crippen LogP contribution in [-0.4, -0.2) is 22.8 Å². The molecule has 0 spiro atoms. The van der Waals surface area contributed by atoms with Gasteiger partial charge < -0.3 is 11.1 Å². The maximum Gasteiger partial charge on any atom is 0.273 e. The number of nitro benzene ring substituents is 1. The Kier molecular flexibility index (Phi) is 5.40. The summed E-state index contributed by atoms with van der Waals surface area (Å²) in [7, 11) is 0. The number of nitro groups is 1. The molecule has 0 heterocycles. The Balaban J connectivity index is 3.05. The van der Waals surface area contributed by atoms with Crippen molar-refractivity contribution in [1.29, 1.82) is 0 Å². The van der Waals surface area contributed by atoms with Crippen molar-refractivity contribution < 1.29 is 14.5 Å². The molecule has 0 fully saturated rings. The molecule has 1 atom stereocenters. The normalized spacial score (nSPS) is 12.0. The Morgan fingerprint density at radius 1 is 1.38 bits per heavy atom. The summed E-state index contributed by atoms with van der Waals surface area (Å²) in [6.07, 6.45) is 0.494. The Labute approximate surface area is 122 Å². The van der Waals surface area contributed by atoms with Gasteiger partial charge in [-0.3, -0.25) is 19.7 Å². The van der Waals surface area contributed by atoms with Crippen LogP contribution in [0, 0.1) is 16.0 Å². The molecule has 21 heavy (non-hydrogen) atoms. The number of rotatable bonds is 6. The first-order chi connectivity index (χ1) is 9.77. The first-order valence-electron chi connectivity index (χ1n) is 6.65. The largest absolute Gasteiger partial charge is 0.368 e. The van der Waals surface area contributed by atoms with Crippen molar-refractivity contribution in [3.8, 4) is 0 Å². The minimum atomic E-state index is -0.817. The van der Waals surface area contributed by atoms with Crippen LogP contribution >= 0.6 is 0 Å². The predicted octanol–water partition coefficient (Wildman–Crippen LogP) is 1.40. The van der Waals surface area contributed by atoms with Crippen molar-refractivity contribution >= 4 is 17.5 Å². The van der Waals surface area contributed by atoms with E-state index in [1.807, 2.05) is 0 Å². The second-order valence-corrected chi connectivity index (χ2v) is 5.05. The van der Waals surface area contributed by atoms with Gasteiger partial charge >= 0.3 is 0 Å². The Morgan fingerprint density at radius 2 is 2.00 bits per heavy atom. The van der Waals surface area contributed by atoms with Gasteiger partial charge in [0.05, 0.1) is 4.92 Å². The average Bonchev–Trinajstić information content (AvgIpc) is 2.42. The van der Waals surface area contributed by atoms with E-state index in [2.05, 4.69) is 5.32 Å². The topological polar surface area (TPSA) is 115 Å². The summed E-state index contributed by atoms with van der Waals surface area (Å²) in [4.78, 5) is 33.8. The van der Waals surface area contributed by atoms with Gasteiger partial charge in [-0.15, -0.1) is 0 Å². The Hall–Kier alpha value is -2.44. The minimum absolute atomic E-state index is 0.106. The van der Waals surface area contributed by atoms with Crippen molar-refractivity contribution in [2.24, 2.45) is 11.7 Å². The van der Waals surface area contributed by atoms with Gasteiger partial charge in [0.25, 0.3) is 11.6 Å². The lowest BCUT2D eigenvalue weighted by Gasteiger charge is -2.18. The van der Waals surface area contributed by atoms with E-state index in [4.69, 9.17) is 5.73 Å². The van der Waals surface area contributed by atoms with Gasteiger partial charge in [0.15, 0.2) is 0 Å². The lowest BCUT2D eigenvalue weighted by Crippen LogP contribution is -2.47. The number of benzene rings is 1. The second-order valence-electron chi connectivity index (χ2n) is 5.05. The highest BCUT2D eigenvalue weighted by Crippen LogP contribution is 2.21. The molecule has 114 valence electrons. The van der Waals surface area contributed by atoms with E-state index >= 15 is 0 Å². The summed E-state index contributed by atoms with van der Waals surface area (Å²) < 4.78 is 0. The summed E-state index contributed by atoms with van der Waals surface area (Å²) in [6.45, 7) is 5.29. The third kappa shape index (κ3) is 4.01. The van der Waals surface area contributed by atoms with Crippen LogP contribution in [-0.2, 0) is 11.2 Å². The molecule has 1 rings (SSSR count). The van der Waals surface area contributed by atoms with Gasteiger partial charge in [-0.2, -0.15) is 0 Å². The molecule has 0 saturated carbocycles. The molecule has 0 aromatic heterocycles. The Bertz CT molecular complexity index is 569. The first kappa shape index (κ1) is 16.6. The zero-order valence-electron chi connectivity index (χ0n) is 12.3. The highest BCUT2D eigenvalue weighted by Gasteiger charge is 2.23. The zero-order valence-corrected chi connectivity index (χ0v) is 12.3. The fraction of sp³-hybridized carbons (Fsp3) is 0.429. The second kappa shape index (κ2) is 6.83. The van der Waals surface area contributed by atoms with Crippen molar-refractivity contribution in [3.05, 3.63) is 39.4 Å². The van der Waals surface area contributed by atoms with E-state index in [0.717, 1.165) is 0 Å². The molecule has 0 bridgehead atoms. The number of aryl methyl sites for hydroxylation is 1. The first-order valence-corrected chi connectivity index (χ1v) is 6.65. The molecule has 1 aromatic rings. The standard InChI is InChI=1S/C14H19N3O4/c1-4-9-5-6-10(7-11(9)17(20)21)14(19)16-12(8(2)3)13(15)18/h5-8,12H,4H2,1-3H3,(H2,15,18)(H,16,19). The minimum Gasteiger partial charge on any atom is -0.368 e. The summed E-state index contributed by atoms with van der Waals surface area (Å²) in [5.74, 6) is -1.37. The molecule has 0 aliphatic rings. The number of nitrogens with zero attached hydrogens (tertiary/aromatic N) is 1. The lowest BCUT2D eigenvalue weighted by molar-refractivity contribution is -0.385. The maximum absolute atomic E-state index is 12.1. The molecule has 0 saturated heterocycles. The van der Waals surface area contributed by atoms with Gasteiger partial charge in [-0.05, 0) is 18.4 Å². The lowest BCUT2D eigenvalue weighted by atomic mass is 10.0. The van der Waals surface area contributed by atoms with E-state index in [1.54, 1.807) is 26.8 Å². The number of hydrogen-bond acceptors (Lipinski definition) is 4. The molecule has 0 aliphatic heterocycles. The molecule has 1 aromatic carbocycles. The summed E-state index contributed by atoms with van der Waals surface area (Å²) in [5.41, 5.74) is 5.80. The van der Waals surface area contributed by atoms with Crippen LogP contribution in [0.1, 0.15) is 36.7 Å². The third-order valence-electron chi connectivity index (χ3n) is 3.18.